The normalized spacial score (nSPS) is 16.4. The minimum Gasteiger partial charge on any atom is -0.399 e. The summed E-state index contributed by atoms with van der Waals surface area (Å²) in [5.41, 5.74) is 7.79. The van der Waals surface area contributed by atoms with Crippen LogP contribution in [0.2, 0.25) is 0 Å². The van der Waals surface area contributed by atoms with Crippen LogP contribution in [-0.4, -0.2) is 35.8 Å². The van der Waals surface area contributed by atoms with E-state index < -0.39 is 6.04 Å². The summed E-state index contributed by atoms with van der Waals surface area (Å²) in [6.45, 7) is 5.17. The maximum Gasteiger partial charge on any atom is 0.251 e. The zero-order valence-corrected chi connectivity index (χ0v) is 12.7. The second-order valence-corrected chi connectivity index (χ2v) is 5.65. The molecule has 5 heteroatoms. The van der Waals surface area contributed by atoms with Gasteiger partial charge in [-0.05, 0) is 56.9 Å². The standard InChI is InChI=1S/C16H23N3O2/c1-11-10-13(6-7-14(11)17)15(20)18-12(2)16(21)19-8-4-3-5-9-19/h6-7,10,12H,3-5,8-9,17H2,1-2H3,(H,18,20). The topological polar surface area (TPSA) is 75.4 Å². The molecule has 21 heavy (non-hydrogen) atoms. The van der Waals surface area contributed by atoms with Crippen LogP contribution >= 0.6 is 0 Å². The van der Waals surface area contributed by atoms with Gasteiger partial charge in [-0.1, -0.05) is 0 Å². The van der Waals surface area contributed by atoms with Gasteiger partial charge in [0.2, 0.25) is 5.91 Å². The average Bonchev–Trinajstić information content (AvgIpc) is 2.50. The van der Waals surface area contributed by atoms with Crippen LogP contribution in [0.25, 0.3) is 0 Å². The van der Waals surface area contributed by atoms with Crippen molar-refractivity contribution >= 4 is 17.5 Å². The molecule has 1 heterocycles. The molecule has 0 saturated carbocycles. The van der Waals surface area contributed by atoms with E-state index in [2.05, 4.69) is 5.32 Å². The number of anilines is 1. The molecule has 3 N–H and O–H groups in total. The summed E-state index contributed by atoms with van der Waals surface area (Å²) in [4.78, 5) is 26.3. The zero-order chi connectivity index (χ0) is 15.4. The maximum absolute atomic E-state index is 12.3. The predicted molar refractivity (Wildman–Crippen MR) is 83.0 cm³/mol. The third kappa shape index (κ3) is 3.74. The molecule has 0 aromatic heterocycles. The molecule has 1 fully saturated rings. The van der Waals surface area contributed by atoms with Gasteiger partial charge in [-0.3, -0.25) is 9.59 Å². The van der Waals surface area contributed by atoms with E-state index >= 15 is 0 Å². The van der Waals surface area contributed by atoms with Crippen LogP contribution in [0.4, 0.5) is 5.69 Å². The van der Waals surface area contributed by atoms with Gasteiger partial charge in [-0.15, -0.1) is 0 Å². The first-order valence-electron chi connectivity index (χ1n) is 7.45. The summed E-state index contributed by atoms with van der Waals surface area (Å²) in [6.07, 6.45) is 3.27. The number of nitrogens with two attached hydrogens (primary N) is 1. The summed E-state index contributed by atoms with van der Waals surface area (Å²) in [5, 5.41) is 2.77. The number of benzene rings is 1. The third-order valence-electron chi connectivity index (χ3n) is 3.92. The number of aryl methyl sites for hydroxylation is 1. The highest BCUT2D eigenvalue weighted by Gasteiger charge is 2.23. The molecule has 0 bridgehead atoms. The van der Waals surface area contributed by atoms with Crippen LogP contribution in [-0.2, 0) is 4.79 Å². The van der Waals surface area contributed by atoms with Crippen molar-refractivity contribution in [1.29, 1.82) is 0 Å². The lowest BCUT2D eigenvalue weighted by Gasteiger charge is -2.29. The number of rotatable bonds is 3. The fourth-order valence-corrected chi connectivity index (χ4v) is 2.55. The Hall–Kier alpha value is -2.04. The molecular weight excluding hydrogens is 266 g/mol. The Labute approximate surface area is 125 Å². The van der Waals surface area contributed by atoms with Crippen LogP contribution in [0.15, 0.2) is 18.2 Å². The molecule has 2 amide bonds. The molecule has 0 spiro atoms. The molecule has 1 aliphatic heterocycles. The Balaban J connectivity index is 1.97. The van der Waals surface area contributed by atoms with E-state index in [0.717, 1.165) is 31.5 Å². The quantitative estimate of drug-likeness (QED) is 0.832. The third-order valence-corrected chi connectivity index (χ3v) is 3.92. The molecule has 5 nitrogen and oxygen atoms in total. The van der Waals surface area contributed by atoms with Crippen LogP contribution < -0.4 is 11.1 Å². The van der Waals surface area contributed by atoms with E-state index in [-0.39, 0.29) is 11.8 Å². The van der Waals surface area contributed by atoms with Crippen molar-refractivity contribution in [1.82, 2.24) is 10.2 Å². The van der Waals surface area contributed by atoms with Crippen molar-refractivity contribution in [3.8, 4) is 0 Å². The van der Waals surface area contributed by atoms with E-state index in [1.165, 1.54) is 6.42 Å². The highest BCUT2D eigenvalue weighted by molar-refractivity contribution is 5.97. The average molecular weight is 289 g/mol. The molecule has 1 aliphatic rings. The molecule has 1 aromatic rings. The summed E-state index contributed by atoms with van der Waals surface area (Å²) in [7, 11) is 0. The van der Waals surface area contributed by atoms with Crippen LogP contribution in [0.3, 0.4) is 0 Å². The van der Waals surface area contributed by atoms with Gasteiger partial charge in [0.25, 0.3) is 5.91 Å². The van der Waals surface area contributed by atoms with Gasteiger partial charge >= 0.3 is 0 Å². The number of hydrogen-bond donors (Lipinski definition) is 2. The number of nitrogens with zero attached hydrogens (tertiary/aromatic N) is 1. The summed E-state index contributed by atoms with van der Waals surface area (Å²) in [6, 6.07) is 4.62. The van der Waals surface area contributed by atoms with Gasteiger partial charge in [0.15, 0.2) is 0 Å². The highest BCUT2D eigenvalue weighted by atomic mass is 16.2. The first kappa shape index (κ1) is 15.4. The SMILES string of the molecule is Cc1cc(C(=O)NC(C)C(=O)N2CCCCC2)ccc1N. The predicted octanol–water partition coefficient (Wildman–Crippen LogP) is 1.71. The van der Waals surface area contributed by atoms with Gasteiger partial charge in [0, 0.05) is 24.3 Å². The van der Waals surface area contributed by atoms with Gasteiger partial charge in [0.05, 0.1) is 0 Å². The number of nitrogens with one attached hydrogen (secondary N) is 1. The number of carbonyl (C=O) groups is 2. The minimum absolute atomic E-state index is 0.00443. The Morgan fingerprint density at radius 1 is 1.24 bits per heavy atom. The Morgan fingerprint density at radius 3 is 2.52 bits per heavy atom. The number of carbonyl (C=O) groups excluding carboxylic acids is 2. The number of likely N-dealkylation sites (tertiary alicyclic amines) is 1. The maximum atomic E-state index is 12.3. The Morgan fingerprint density at radius 2 is 1.90 bits per heavy atom. The molecule has 1 saturated heterocycles. The van der Waals surface area contributed by atoms with Crippen molar-refractivity contribution in [3.05, 3.63) is 29.3 Å². The molecule has 2 rings (SSSR count). The highest BCUT2D eigenvalue weighted by Crippen LogP contribution is 2.13. The van der Waals surface area contributed by atoms with Crippen molar-refractivity contribution in [2.24, 2.45) is 0 Å². The Bertz CT molecular complexity index is 536. The van der Waals surface area contributed by atoms with Crippen LogP contribution in [0.5, 0.6) is 0 Å². The van der Waals surface area contributed by atoms with Gasteiger partial charge in [-0.2, -0.15) is 0 Å². The molecule has 1 atom stereocenters. The lowest BCUT2D eigenvalue weighted by atomic mass is 10.1. The summed E-state index contributed by atoms with van der Waals surface area (Å²) < 4.78 is 0. The van der Waals surface area contributed by atoms with E-state index in [0.29, 0.717) is 11.3 Å². The van der Waals surface area contributed by atoms with E-state index in [9.17, 15) is 9.59 Å². The molecule has 1 unspecified atom stereocenters. The molecular formula is C16H23N3O2. The number of piperidine rings is 1. The van der Waals surface area contributed by atoms with E-state index in [1.54, 1.807) is 25.1 Å². The van der Waals surface area contributed by atoms with E-state index in [1.807, 2.05) is 11.8 Å². The van der Waals surface area contributed by atoms with Gasteiger partial charge in [0.1, 0.15) is 6.04 Å². The minimum atomic E-state index is -0.506. The fourth-order valence-electron chi connectivity index (χ4n) is 2.55. The fraction of sp³-hybridized carbons (Fsp3) is 0.500. The number of hydrogen-bond acceptors (Lipinski definition) is 3. The van der Waals surface area contributed by atoms with Crippen molar-refractivity contribution in [2.75, 3.05) is 18.8 Å². The van der Waals surface area contributed by atoms with Gasteiger partial charge < -0.3 is 16.0 Å². The number of nitrogen functional groups attached to an aromatic ring is 1. The van der Waals surface area contributed by atoms with Crippen molar-refractivity contribution in [2.45, 2.75) is 39.2 Å². The lowest BCUT2D eigenvalue weighted by molar-refractivity contribution is -0.133. The largest absolute Gasteiger partial charge is 0.399 e. The molecule has 0 radical (unpaired) electrons. The second kappa shape index (κ2) is 6.61. The van der Waals surface area contributed by atoms with E-state index in [4.69, 9.17) is 5.73 Å². The van der Waals surface area contributed by atoms with Crippen LogP contribution in [0, 0.1) is 6.92 Å². The van der Waals surface area contributed by atoms with Gasteiger partial charge in [-0.25, -0.2) is 0 Å². The van der Waals surface area contributed by atoms with Crippen LogP contribution in [0.1, 0.15) is 42.1 Å². The zero-order valence-electron chi connectivity index (χ0n) is 12.7. The molecule has 0 aliphatic carbocycles. The van der Waals surface area contributed by atoms with Crippen molar-refractivity contribution in [3.63, 3.8) is 0 Å². The number of amides is 2. The monoisotopic (exact) mass is 289 g/mol. The molecule has 1 aromatic carbocycles. The summed E-state index contributed by atoms with van der Waals surface area (Å²) >= 11 is 0. The van der Waals surface area contributed by atoms with Crippen molar-refractivity contribution < 1.29 is 9.59 Å². The first-order chi connectivity index (χ1) is 9.99. The smallest absolute Gasteiger partial charge is 0.251 e. The Kier molecular flexibility index (Phi) is 4.83. The summed E-state index contributed by atoms with van der Waals surface area (Å²) in [5.74, 6) is -0.244. The second-order valence-electron chi connectivity index (χ2n) is 5.65. The first-order valence-corrected chi connectivity index (χ1v) is 7.45. The lowest BCUT2D eigenvalue weighted by Crippen LogP contribution is -2.48. The molecule has 114 valence electrons.